The SMILES string of the molecule is CCc1noc(CCCC(=O)NC(c2ccc3c(c2)OCCO3)C2CC2)n1. The first-order chi connectivity index (χ1) is 13.2. The Balaban J connectivity index is 1.33. The van der Waals surface area contributed by atoms with E-state index in [0.717, 1.165) is 36.3 Å². The molecule has 1 saturated carbocycles. The van der Waals surface area contributed by atoms with E-state index in [9.17, 15) is 4.79 Å². The van der Waals surface area contributed by atoms with Gasteiger partial charge in [-0.25, -0.2) is 0 Å². The molecule has 1 amide bonds. The minimum Gasteiger partial charge on any atom is -0.486 e. The zero-order valence-electron chi connectivity index (χ0n) is 15.6. The minimum atomic E-state index is 0.0309. The predicted molar refractivity (Wildman–Crippen MR) is 97.7 cm³/mol. The summed E-state index contributed by atoms with van der Waals surface area (Å²) in [6.45, 7) is 3.12. The Hall–Kier alpha value is -2.57. The number of nitrogens with one attached hydrogen (secondary N) is 1. The Morgan fingerprint density at radius 1 is 1.26 bits per heavy atom. The molecule has 0 bridgehead atoms. The van der Waals surface area contributed by atoms with Crippen LogP contribution in [0.2, 0.25) is 0 Å². The summed E-state index contributed by atoms with van der Waals surface area (Å²) in [5, 5.41) is 7.08. The van der Waals surface area contributed by atoms with Crippen molar-refractivity contribution in [3.05, 3.63) is 35.5 Å². The van der Waals surface area contributed by atoms with Crippen molar-refractivity contribution < 1.29 is 18.8 Å². The van der Waals surface area contributed by atoms with Crippen molar-refractivity contribution in [3.63, 3.8) is 0 Å². The van der Waals surface area contributed by atoms with Gasteiger partial charge in [-0.05, 0) is 42.9 Å². The number of rotatable bonds is 8. The molecule has 0 saturated heterocycles. The molecule has 144 valence electrons. The van der Waals surface area contributed by atoms with Gasteiger partial charge in [-0.1, -0.05) is 18.1 Å². The first-order valence-electron chi connectivity index (χ1n) is 9.73. The molecule has 2 aliphatic rings. The van der Waals surface area contributed by atoms with Gasteiger partial charge in [0.15, 0.2) is 17.3 Å². The molecular formula is C20H25N3O4. The molecule has 0 radical (unpaired) electrons. The molecule has 0 spiro atoms. The quantitative estimate of drug-likeness (QED) is 0.768. The van der Waals surface area contributed by atoms with Gasteiger partial charge in [0.2, 0.25) is 11.8 Å². The predicted octanol–water partition coefficient (Wildman–Crippen LogP) is 2.99. The third-order valence-electron chi connectivity index (χ3n) is 4.96. The lowest BCUT2D eigenvalue weighted by molar-refractivity contribution is -0.122. The Morgan fingerprint density at radius 3 is 2.81 bits per heavy atom. The number of aromatic nitrogens is 2. The lowest BCUT2D eigenvalue weighted by Gasteiger charge is -2.23. The highest BCUT2D eigenvalue weighted by Gasteiger charge is 2.34. The molecule has 1 atom stereocenters. The molecule has 2 aromatic rings. The second kappa shape index (κ2) is 7.98. The van der Waals surface area contributed by atoms with E-state index >= 15 is 0 Å². The third kappa shape index (κ3) is 4.40. The van der Waals surface area contributed by atoms with Gasteiger partial charge in [-0.15, -0.1) is 0 Å². The average Bonchev–Trinajstić information content (AvgIpc) is 3.44. The fraction of sp³-hybridized carbons (Fsp3) is 0.550. The Bertz CT molecular complexity index is 800. The van der Waals surface area contributed by atoms with Crippen LogP contribution in [0.4, 0.5) is 0 Å². The number of carbonyl (C=O) groups excluding carboxylic acids is 1. The van der Waals surface area contributed by atoms with Crippen LogP contribution in [0.5, 0.6) is 11.5 Å². The summed E-state index contributed by atoms with van der Waals surface area (Å²) >= 11 is 0. The van der Waals surface area contributed by atoms with E-state index in [1.807, 2.05) is 25.1 Å². The highest BCUT2D eigenvalue weighted by atomic mass is 16.6. The maximum Gasteiger partial charge on any atom is 0.226 e. The maximum absolute atomic E-state index is 12.5. The number of amides is 1. The highest BCUT2D eigenvalue weighted by molar-refractivity contribution is 5.76. The first kappa shape index (κ1) is 17.8. The number of fused-ring (bicyclic) bond motifs is 1. The Labute approximate surface area is 158 Å². The summed E-state index contributed by atoms with van der Waals surface area (Å²) in [6, 6.07) is 6.00. The number of nitrogens with zero attached hydrogens (tertiary/aromatic N) is 2. The molecule has 1 aromatic heterocycles. The lowest BCUT2D eigenvalue weighted by Crippen LogP contribution is -2.30. The summed E-state index contributed by atoms with van der Waals surface area (Å²) in [5.41, 5.74) is 1.08. The minimum absolute atomic E-state index is 0.0309. The normalized spacial score (nSPS) is 16.8. The zero-order chi connectivity index (χ0) is 18.6. The average molecular weight is 371 g/mol. The molecule has 1 fully saturated rings. The van der Waals surface area contributed by atoms with Crippen LogP contribution in [0.25, 0.3) is 0 Å². The van der Waals surface area contributed by atoms with Crippen molar-refractivity contribution in [2.24, 2.45) is 5.92 Å². The number of ether oxygens (including phenoxy) is 2. The summed E-state index contributed by atoms with van der Waals surface area (Å²) < 4.78 is 16.4. The summed E-state index contributed by atoms with van der Waals surface area (Å²) in [4.78, 5) is 16.7. The van der Waals surface area contributed by atoms with E-state index in [-0.39, 0.29) is 11.9 Å². The summed E-state index contributed by atoms with van der Waals surface area (Å²) in [6.07, 6.45) is 4.79. The van der Waals surface area contributed by atoms with E-state index < -0.39 is 0 Å². The number of carbonyl (C=O) groups is 1. The molecule has 1 N–H and O–H groups in total. The van der Waals surface area contributed by atoms with Crippen LogP contribution in [0.15, 0.2) is 22.7 Å². The van der Waals surface area contributed by atoms with Crippen molar-refractivity contribution in [2.45, 2.75) is 51.5 Å². The monoisotopic (exact) mass is 371 g/mol. The van der Waals surface area contributed by atoms with Crippen LogP contribution in [0, 0.1) is 5.92 Å². The van der Waals surface area contributed by atoms with Crippen LogP contribution in [0.1, 0.15) is 55.9 Å². The smallest absolute Gasteiger partial charge is 0.226 e. The number of hydrogen-bond acceptors (Lipinski definition) is 6. The fourth-order valence-electron chi connectivity index (χ4n) is 3.34. The maximum atomic E-state index is 12.5. The second-order valence-corrected chi connectivity index (χ2v) is 7.10. The van der Waals surface area contributed by atoms with Crippen molar-refractivity contribution in [2.75, 3.05) is 13.2 Å². The number of hydrogen-bond donors (Lipinski definition) is 1. The molecule has 1 aromatic carbocycles. The lowest BCUT2D eigenvalue weighted by atomic mass is 10.0. The van der Waals surface area contributed by atoms with Gasteiger partial charge in [0.25, 0.3) is 0 Å². The second-order valence-electron chi connectivity index (χ2n) is 7.10. The van der Waals surface area contributed by atoms with E-state index in [1.54, 1.807) is 0 Å². The number of aryl methyl sites for hydroxylation is 2. The molecule has 4 rings (SSSR count). The Kier molecular flexibility index (Phi) is 5.27. The molecule has 1 unspecified atom stereocenters. The summed E-state index contributed by atoms with van der Waals surface area (Å²) in [5.74, 6) is 3.40. The molecule has 1 aliphatic carbocycles. The van der Waals surface area contributed by atoms with E-state index in [4.69, 9.17) is 14.0 Å². The molecule has 2 heterocycles. The fourth-order valence-corrected chi connectivity index (χ4v) is 3.34. The Morgan fingerprint density at radius 2 is 2.07 bits per heavy atom. The van der Waals surface area contributed by atoms with Crippen molar-refractivity contribution in [3.8, 4) is 11.5 Å². The van der Waals surface area contributed by atoms with Gasteiger partial charge in [-0.2, -0.15) is 4.98 Å². The van der Waals surface area contributed by atoms with E-state index in [0.29, 0.717) is 50.1 Å². The first-order valence-corrected chi connectivity index (χ1v) is 9.73. The topological polar surface area (TPSA) is 86.5 Å². The van der Waals surface area contributed by atoms with Gasteiger partial charge in [0.1, 0.15) is 13.2 Å². The molecule has 7 heteroatoms. The van der Waals surface area contributed by atoms with Gasteiger partial charge in [0, 0.05) is 19.3 Å². The summed E-state index contributed by atoms with van der Waals surface area (Å²) in [7, 11) is 0. The van der Waals surface area contributed by atoms with Crippen LogP contribution in [-0.4, -0.2) is 29.3 Å². The van der Waals surface area contributed by atoms with Gasteiger partial charge < -0.3 is 19.3 Å². The number of benzene rings is 1. The zero-order valence-corrected chi connectivity index (χ0v) is 15.6. The highest BCUT2D eigenvalue weighted by Crippen LogP contribution is 2.43. The standard InChI is InChI=1S/C20H25N3O4/c1-2-17-21-19(27-23-17)5-3-4-18(24)22-20(13-6-7-13)14-8-9-15-16(12-14)26-11-10-25-15/h8-9,12-13,20H,2-7,10-11H2,1H3,(H,22,24). The molecule has 1 aliphatic heterocycles. The molecule has 27 heavy (non-hydrogen) atoms. The molecule has 7 nitrogen and oxygen atoms in total. The van der Waals surface area contributed by atoms with Gasteiger partial charge >= 0.3 is 0 Å². The third-order valence-corrected chi connectivity index (χ3v) is 4.96. The van der Waals surface area contributed by atoms with Crippen LogP contribution in [0.3, 0.4) is 0 Å². The van der Waals surface area contributed by atoms with Crippen LogP contribution < -0.4 is 14.8 Å². The molecular weight excluding hydrogens is 346 g/mol. The van der Waals surface area contributed by atoms with E-state index in [2.05, 4.69) is 15.5 Å². The van der Waals surface area contributed by atoms with Crippen molar-refractivity contribution >= 4 is 5.91 Å². The van der Waals surface area contributed by atoms with Gasteiger partial charge in [0.05, 0.1) is 6.04 Å². The van der Waals surface area contributed by atoms with Crippen molar-refractivity contribution in [1.29, 1.82) is 0 Å². The van der Waals surface area contributed by atoms with Crippen LogP contribution >= 0.6 is 0 Å². The van der Waals surface area contributed by atoms with Crippen LogP contribution in [-0.2, 0) is 17.6 Å². The van der Waals surface area contributed by atoms with Gasteiger partial charge in [-0.3, -0.25) is 4.79 Å². The largest absolute Gasteiger partial charge is 0.486 e. The van der Waals surface area contributed by atoms with E-state index in [1.165, 1.54) is 0 Å². The van der Waals surface area contributed by atoms with Crippen molar-refractivity contribution in [1.82, 2.24) is 15.5 Å².